The molecule has 1 fully saturated rings. The predicted octanol–water partition coefficient (Wildman–Crippen LogP) is 4.22. The molecule has 1 N–H and O–H groups in total. The van der Waals surface area contributed by atoms with Crippen molar-refractivity contribution >= 4 is 0 Å². The van der Waals surface area contributed by atoms with Crippen LogP contribution < -0.4 is 5.32 Å². The summed E-state index contributed by atoms with van der Waals surface area (Å²) in [7, 11) is 0. The molecule has 1 aromatic carbocycles. The van der Waals surface area contributed by atoms with E-state index in [-0.39, 0.29) is 0 Å². The van der Waals surface area contributed by atoms with Crippen LogP contribution in [0.5, 0.6) is 0 Å². The first kappa shape index (κ1) is 12.6. The van der Waals surface area contributed by atoms with Gasteiger partial charge in [0.05, 0.1) is 0 Å². The largest absolute Gasteiger partial charge is 0.308 e. The molecule has 2 rings (SSSR count). The Hall–Kier alpha value is -0.820. The number of hydrogen-bond donors (Lipinski definition) is 1. The average molecular weight is 231 g/mol. The van der Waals surface area contributed by atoms with Crippen molar-refractivity contribution in [3.63, 3.8) is 0 Å². The summed E-state index contributed by atoms with van der Waals surface area (Å²) in [6.45, 7) is 6.73. The second-order valence-electron chi connectivity index (χ2n) is 5.73. The Morgan fingerprint density at radius 1 is 1.18 bits per heavy atom. The summed E-state index contributed by atoms with van der Waals surface area (Å²) in [6.07, 6.45) is 5.69. The van der Waals surface area contributed by atoms with Gasteiger partial charge in [-0.15, -0.1) is 0 Å². The molecule has 1 heteroatoms. The van der Waals surface area contributed by atoms with Crippen molar-refractivity contribution in [3.05, 3.63) is 35.4 Å². The molecular formula is C16H25N. The van der Waals surface area contributed by atoms with Gasteiger partial charge in [0, 0.05) is 12.1 Å². The van der Waals surface area contributed by atoms with Crippen LogP contribution in [0.2, 0.25) is 0 Å². The van der Waals surface area contributed by atoms with Crippen molar-refractivity contribution in [2.24, 2.45) is 5.92 Å². The Morgan fingerprint density at radius 3 is 2.35 bits per heavy atom. The summed E-state index contributed by atoms with van der Waals surface area (Å²) in [5, 5.41) is 3.71. The summed E-state index contributed by atoms with van der Waals surface area (Å²) in [4.78, 5) is 0. The summed E-state index contributed by atoms with van der Waals surface area (Å²) in [5.41, 5.74) is 2.74. The van der Waals surface area contributed by atoms with Crippen LogP contribution in [0.4, 0.5) is 0 Å². The summed E-state index contributed by atoms with van der Waals surface area (Å²) >= 11 is 0. The second-order valence-corrected chi connectivity index (χ2v) is 5.73. The van der Waals surface area contributed by atoms with Crippen LogP contribution in [0.1, 0.15) is 56.7 Å². The average Bonchev–Trinajstić information content (AvgIpc) is 2.24. The minimum Gasteiger partial charge on any atom is -0.308 e. The maximum atomic E-state index is 3.71. The van der Waals surface area contributed by atoms with Gasteiger partial charge >= 0.3 is 0 Å². The number of nitrogens with one attached hydrogen (secondary N) is 1. The molecule has 0 amide bonds. The zero-order chi connectivity index (χ0) is 12.3. The van der Waals surface area contributed by atoms with Gasteiger partial charge in [-0.1, -0.05) is 49.1 Å². The monoisotopic (exact) mass is 231 g/mol. The molecule has 1 saturated carbocycles. The van der Waals surface area contributed by atoms with E-state index in [1.165, 1.54) is 36.8 Å². The molecule has 0 aromatic heterocycles. The molecule has 1 aliphatic carbocycles. The fraction of sp³-hybridized carbons (Fsp3) is 0.625. The molecule has 1 nitrogen and oxygen atoms in total. The van der Waals surface area contributed by atoms with Gasteiger partial charge in [-0.2, -0.15) is 0 Å². The topological polar surface area (TPSA) is 12.0 Å². The van der Waals surface area contributed by atoms with Crippen LogP contribution in [0, 0.1) is 12.8 Å². The van der Waals surface area contributed by atoms with E-state index < -0.39 is 0 Å². The smallest absolute Gasteiger partial charge is 0.0294 e. The van der Waals surface area contributed by atoms with Crippen molar-refractivity contribution in [2.45, 2.75) is 58.5 Å². The van der Waals surface area contributed by atoms with Gasteiger partial charge < -0.3 is 5.32 Å². The van der Waals surface area contributed by atoms with Gasteiger partial charge in [-0.05, 0) is 38.7 Å². The van der Waals surface area contributed by atoms with Gasteiger partial charge in [0.15, 0.2) is 0 Å². The summed E-state index contributed by atoms with van der Waals surface area (Å²) < 4.78 is 0. The maximum Gasteiger partial charge on any atom is 0.0294 e. The zero-order valence-electron chi connectivity index (χ0n) is 11.4. The fourth-order valence-electron chi connectivity index (χ4n) is 2.67. The molecule has 94 valence electrons. The third kappa shape index (κ3) is 3.57. The molecule has 0 saturated heterocycles. The minimum atomic E-state index is 0.464. The van der Waals surface area contributed by atoms with Crippen LogP contribution in [0.15, 0.2) is 24.3 Å². The summed E-state index contributed by atoms with van der Waals surface area (Å²) in [5.74, 6) is 0.989. The maximum absolute atomic E-state index is 3.71. The quantitative estimate of drug-likeness (QED) is 0.800. The van der Waals surface area contributed by atoms with E-state index in [4.69, 9.17) is 0 Å². The van der Waals surface area contributed by atoms with Crippen LogP contribution in [-0.2, 0) is 0 Å². The standard InChI is InChI=1S/C16H25N/c1-12-7-9-16(10-8-12)14(3)17-13(2)11-15-5-4-6-15/h7-10,13-15,17H,4-6,11H2,1-3H3. The van der Waals surface area contributed by atoms with Gasteiger partial charge in [0.1, 0.15) is 0 Å². The fourth-order valence-corrected chi connectivity index (χ4v) is 2.67. The molecule has 2 atom stereocenters. The van der Waals surface area contributed by atoms with Crippen LogP contribution in [0.3, 0.4) is 0 Å². The minimum absolute atomic E-state index is 0.464. The Morgan fingerprint density at radius 2 is 1.82 bits per heavy atom. The molecular weight excluding hydrogens is 206 g/mol. The first-order valence-electron chi connectivity index (χ1n) is 6.98. The number of benzene rings is 1. The highest BCUT2D eigenvalue weighted by molar-refractivity contribution is 5.23. The van der Waals surface area contributed by atoms with Crippen molar-refractivity contribution < 1.29 is 0 Å². The molecule has 0 spiro atoms. The number of rotatable bonds is 5. The Balaban J connectivity index is 1.82. The SMILES string of the molecule is Cc1ccc(C(C)NC(C)CC2CCC2)cc1. The molecule has 2 unspecified atom stereocenters. The van der Waals surface area contributed by atoms with E-state index in [0.29, 0.717) is 12.1 Å². The van der Waals surface area contributed by atoms with E-state index in [1.807, 2.05) is 0 Å². The van der Waals surface area contributed by atoms with Crippen LogP contribution in [0.25, 0.3) is 0 Å². The molecule has 0 aliphatic heterocycles. The van der Waals surface area contributed by atoms with Gasteiger partial charge in [-0.25, -0.2) is 0 Å². The number of aryl methyl sites for hydroxylation is 1. The molecule has 1 aromatic rings. The highest BCUT2D eigenvalue weighted by Gasteiger charge is 2.20. The summed E-state index contributed by atoms with van der Waals surface area (Å²) in [6, 6.07) is 9.97. The Kier molecular flexibility index (Phi) is 4.22. The lowest BCUT2D eigenvalue weighted by Crippen LogP contribution is -2.32. The molecule has 1 aliphatic rings. The van der Waals surface area contributed by atoms with Gasteiger partial charge in [0.25, 0.3) is 0 Å². The van der Waals surface area contributed by atoms with Crippen molar-refractivity contribution in [2.75, 3.05) is 0 Å². The zero-order valence-corrected chi connectivity index (χ0v) is 11.4. The van der Waals surface area contributed by atoms with Crippen molar-refractivity contribution in [1.82, 2.24) is 5.32 Å². The molecule has 0 radical (unpaired) electrons. The van der Waals surface area contributed by atoms with E-state index in [9.17, 15) is 0 Å². The first-order valence-corrected chi connectivity index (χ1v) is 6.98. The first-order chi connectivity index (χ1) is 8.15. The van der Waals surface area contributed by atoms with E-state index in [1.54, 1.807) is 0 Å². The van der Waals surface area contributed by atoms with E-state index in [0.717, 1.165) is 5.92 Å². The van der Waals surface area contributed by atoms with E-state index in [2.05, 4.69) is 50.4 Å². The molecule has 0 bridgehead atoms. The Labute approximate surface area is 106 Å². The van der Waals surface area contributed by atoms with Crippen molar-refractivity contribution in [3.8, 4) is 0 Å². The normalized spacial score (nSPS) is 19.7. The third-order valence-corrected chi connectivity index (χ3v) is 4.02. The second kappa shape index (κ2) is 5.68. The molecule has 0 heterocycles. The lowest BCUT2D eigenvalue weighted by molar-refractivity contribution is 0.259. The van der Waals surface area contributed by atoms with E-state index >= 15 is 0 Å². The Bertz CT molecular complexity index is 337. The van der Waals surface area contributed by atoms with Crippen LogP contribution in [-0.4, -0.2) is 6.04 Å². The predicted molar refractivity (Wildman–Crippen MR) is 74.1 cm³/mol. The lowest BCUT2D eigenvalue weighted by atomic mass is 9.81. The number of hydrogen-bond acceptors (Lipinski definition) is 1. The van der Waals surface area contributed by atoms with Gasteiger partial charge in [-0.3, -0.25) is 0 Å². The molecule has 17 heavy (non-hydrogen) atoms. The van der Waals surface area contributed by atoms with Gasteiger partial charge in [0.2, 0.25) is 0 Å². The van der Waals surface area contributed by atoms with Crippen LogP contribution >= 0.6 is 0 Å². The highest BCUT2D eigenvalue weighted by atomic mass is 14.9. The highest BCUT2D eigenvalue weighted by Crippen LogP contribution is 2.30. The lowest BCUT2D eigenvalue weighted by Gasteiger charge is -2.30. The third-order valence-electron chi connectivity index (χ3n) is 4.02. The van der Waals surface area contributed by atoms with Crippen molar-refractivity contribution in [1.29, 1.82) is 0 Å².